The molecule has 1 atom stereocenters. The van der Waals surface area contributed by atoms with E-state index in [9.17, 15) is 13.6 Å². The van der Waals surface area contributed by atoms with Gasteiger partial charge in [0, 0.05) is 6.20 Å². The zero-order valence-electron chi connectivity index (χ0n) is 9.73. The highest BCUT2D eigenvalue weighted by molar-refractivity contribution is 5.86. The van der Waals surface area contributed by atoms with E-state index in [0.717, 1.165) is 0 Å². The molecule has 0 aliphatic rings. The van der Waals surface area contributed by atoms with E-state index < -0.39 is 11.9 Å². The number of ketones is 1. The molecule has 0 saturated heterocycles. The van der Waals surface area contributed by atoms with E-state index in [4.69, 9.17) is 0 Å². The maximum absolute atomic E-state index is 12.9. The Morgan fingerprint density at radius 1 is 1.06 bits per heavy atom. The van der Waals surface area contributed by atoms with Crippen LogP contribution in [0.25, 0.3) is 0 Å². The van der Waals surface area contributed by atoms with Gasteiger partial charge in [0.25, 0.3) is 0 Å². The Morgan fingerprint density at radius 3 is 2.17 bits per heavy atom. The van der Waals surface area contributed by atoms with Crippen LogP contribution in [0.15, 0.2) is 42.6 Å². The zero-order valence-corrected chi connectivity index (χ0v) is 9.73. The van der Waals surface area contributed by atoms with Crippen LogP contribution in [0, 0.1) is 11.8 Å². The molecule has 0 amide bonds. The predicted octanol–water partition coefficient (Wildman–Crippen LogP) is 3.08. The Bertz CT molecular complexity index is 504. The van der Waals surface area contributed by atoms with E-state index in [1.54, 1.807) is 12.1 Å². The standard InChI is InChI=1S/C14H11F2NO/c1-9(18)14(10-2-5-12(15)6-3-10)11-4-7-13(16)17-8-11/h2-8,14H,1H3. The number of benzene rings is 1. The van der Waals surface area contributed by atoms with Gasteiger partial charge in [-0.1, -0.05) is 18.2 Å². The molecule has 0 aliphatic carbocycles. The van der Waals surface area contributed by atoms with Crippen LogP contribution < -0.4 is 0 Å². The summed E-state index contributed by atoms with van der Waals surface area (Å²) >= 11 is 0. The number of hydrogen-bond donors (Lipinski definition) is 0. The molecule has 0 N–H and O–H groups in total. The number of halogens is 2. The second-order valence-electron chi connectivity index (χ2n) is 4.01. The first-order chi connectivity index (χ1) is 8.58. The summed E-state index contributed by atoms with van der Waals surface area (Å²) < 4.78 is 25.6. The number of nitrogens with zero attached hydrogens (tertiary/aromatic N) is 1. The van der Waals surface area contributed by atoms with Gasteiger partial charge >= 0.3 is 0 Å². The van der Waals surface area contributed by atoms with Crippen LogP contribution in [-0.2, 0) is 4.79 Å². The lowest BCUT2D eigenvalue weighted by atomic mass is 9.89. The van der Waals surface area contributed by atoms with Gasteiger partial charge in [-0.05, 0) is 36.2 Å². The SMILES string of the molecule is CC(=O)C(c1ccc(F)cc1)c1ccc(F)nc1. The molecule has 2 nitrogen and oxygen atoms in total. The number of carbonyl (C=O) groups is 1. The van der Waals surface area contributed by atoms with Gasteiger partial charge < -0.3 is 0 Å². The second-order valence-corrected chi connectivity index (χ2v) is 4.01. The molecule has 4 heteroatoms. The Hall–Kier alpha value is -2.10. The smallest absolute Gasteiger partial charge is 0.212 e. The van der Waals surface area contributed by atoms with Crippen molar-refractivity contribution in [3.05, 3.63) is 65.5 Å². The van der Waals surface area contributed by atoms with Crippen molar-refractivity contribution in [2.24, 2.45) is 0 Å². The number of Topliss-reactive ketones (excluding diaryl/α,β-unsaturated/α-hetero) is 1. The predicted molar refractivity (Wildman–Crippen MR) is 63.1 cm³/mol. The molecule has 1 aromatic heterocycles. The summed E-state index contributed by atoms with van der Waals surface area (Å²) in [5.74, 6) is -1.60. The number of pyridine rings is 1. The van der Waals surface area contributed by atoms with Crippen LogP contribution in [0.3, 0.4) is 0 Å². The quantitative estimate of drug-likeness (QED) is 0.780. The minimum absolute atomic E-state index is 0.102. The average molecular weight is 247 g/mol. The third-order valence-corrected chi connectivity index (χ3v) is 2.69. The third kappa shape index (κ3) is 2.59. The van der Waals surface area contributed by atoms with Gasteiger partial charge in [-0.2, -0.15) is 4.39 Å². The fraction of sp³-hybridized carbons (Fsp3) is 0.143. The van der Waals surface area contributed by atoms with Crippen LogP contribution in [0.4, 0.5) is 8.78 Å². The van der Waals surface area contributed by atoms with Gasteiger partial charge in [0.1, 0.15) is 11.6 Å². The number of rotatable bonds is 3. The fourth-order valence-electron chi connectivity index (χ4n) is 1.88. The first-order valence-electron chi connectivity index (χ1n) is 5.45. The summed E-state index contributed by atoms with van der Waals surface area (Å²) in [5, 5.41) is 0. The zero-order chi connectivity index (χ0) is 13.1. The molecular weight excluding hydrogens is 236 g/mol. The van der Waals surface area contributed by atoms with E-state index in [1.807, 2.05) is 0 Å². The van der Waals surface area contributed by atoms with Crippen LogP contribution in [-0.4, -0.2) is 10.8 Å². The summed E-state index contributed by atoms with van der Waals surface area (Å²) in [6.07, 6.45) is 1.32. The van der Waals surface area contributed by atoms with Crippen molar-refractivity contribution < 1.29 is 13.6 Å². The highest BCUT2D eigenvalue weighted by Crippen LogP contribution is 2.25. The summed E-state index contributed by atoms with van der Waals surface area (Å²) in [7, 11) is 0. The highest BCUT2D eigenvalue weighted by atomic mass is 19.1. The van der Waals surface area contributed by atoms with Crippen LogP contribution in [0.2, 0.25) is 0 Å². The Labute approximate surface area is 103 Å². The molecule has 0 fully saturated rings. The lowest BCUT2D eigenvalue weighted by Gasteiger charge is -2.14. The van der Waals surface area contributed by atoms with Gasteiger partial charge in [-0.3, -0.25) is 4.79 Å². The molecule has 0 aliphatic heterocycles. The molecule has 1 aromatic carbocycles. The normalized spacial score (nSPS) is 12.2. The molecule has 2 aromatic rings. The van der Waals surface area contributed by atoms with E-state index in [-0.39, 0.29) is 11.6 Å². The summed E-state index contributed by atoms with van der Waals surface area (Å²) in [4.78, 5) is 15.2. The number of aromatic nitrogens is 1. The molecule has 0 spiro atoms. The van der Waals surface area contributed by atoms with Crippen molar-refractivity contribution in [2.45, 2.75) is 12.8 Å². The van der Waals surface area contributed by atoms with Crippen molar-refractivity contribution in [1.82, 2.24) is 4.98 Å². The van der Waals surface area contributed by atoms with Gasteiger partial charge in [-0.15, -0.1) is 0 Å². The average Bonchev–Trinajstić information content (AvgIpc) is 2.34. The lowest BCUT2D eigenvalue weighted by Crippen LogP contribution is -2.11. The van der Waals surface area contributed by atoms with E-state index in [2.05, 4.69) is 4.98 Å². The molecule has 92 valence electrons. The monoisotopic (exact) mass is 247 g/mol. The lowest BCUT2D eigenvalue weighted by molar-refractivity contribution is -0.117. The summed E-state index contributed by atoms with van der Waals surface area (Å²) in [6, 6.07) is 8.40. The van der Waals surface area contributed by atoms with Crippen molar-refractivity contribution in [3.63, 3.8) is 0 Å². The topological polar surface area (TPSA) is 30.0 Å². The summed E-state index contributed by atoms with van der Waals surface area (Å²) in [6.45, 7) is 1.44. The van der Waals surface area contributed by atoms with Gasteiger partial charge in [0.05, 0.1) is 5.92 Å². The van der Waals surface area contributed by atoms with E-state index in [0.29, 0.717) is 11.1 Å². The van der Waals surface area contributed by atoms with Gasteiger partial charge in [-0.25, -0.2) is 9.37 Å². The molecular formula is C14H11F2NO. The van der Waals surface area contributed by atoms with Gasteiger partial charge in [0.15, 0.2) is 0 Å². The van der Waals surface area contributed by atoms with Crippen molar-refractivity contribution >= 4 is 5.78 Å². The maximum Gasteiger partial charge on any atom is 0.212 e. The van der Waals surface area contributed by atoms with Crippen LogP contribution in [0.5, 0.6) is 0 Å². The molecule has 1 unspecified atom stereocenters. The molecule has 0 saturated carbocycles. The van der Waals surface area contributed by atoms with Crippen LogP contribution >= 0.6 is 0 Å². The fourth-order valence-corrected chi connectivity index (χ4v) is 1.88. The van der Waals surface area contributed by atoms with Crippen molar-refractivity contribution in [3.8, 4) is 0 Å². The minimum atomic E-state index is -0.597. The van der Waals surface area contributed by atoms with E-state index >= 15 is 0 Å². The molecule has 1 heterocycles. The second kappa shape index (κ2) is 5.04. The Balaban J connectivity index is 2.43. The Kier molecular flexibility index (Phi) is 3.46. The van der Waals surface area contributed by atoms with Gasteiger partial charge in [0.2, 0.25) is 5.95 Å². The molecule has 0 bridgehead atoms. The summed E-state index contributed by atoms with van der Waals surface area (Å²) in [5.41, 5.74) is 1.26. The van der Waals surface area contributed by atoms with Crippen molar-refractivity contribution in [1.29, 1.82) is 0 Å². The number of hydrogen-bond acceptors (Lipinski definition) is 2. The molecule has 18 heavy (non-hydrogen) atoms. The molecule has 0 radical (unpaired) electrons. The first-order valence-corrected chi connectivity index (χ1v) is 5.45. The number of carbonyl (C=O) groups excluding carboxylic acids is 1. The minimum Gasteiger partial charge on any atom is -0.299 e. The van der Waals surface area contributed by atoms with E-state index in [1.165, 1.54) is 37.4 Å². The maximum atomic E-state index is 12.9. The molecule has 2 rings (SSSR count). The third-order valence-electron chi connectivity index (χ3n) is 2.69. The highest BCUT2D eigenvalue weighted by Gasteiger charge is 2.19. The van der Waals surface area contributed by atoms with Crippen LogP contribution in [0.1, 0.15) is 24.0 Å². The first kappa shape index (κ1) is 12.4. The van der Waals surface area contributed by atoms with Crippen molar-refractivity contribution in [2.75, 3.05) is 0 Å². The largest absolute Gasteiger partial charge is 0.299 e. The Morgan fingerprint density at radius 2 is 1.67 bits per heavy atom.